The van der Waals surface area contributed by atoms with Crippen molar-refractivity contribution in [2.75, 3.05) is 18.2 Å². The van der Waals surface area contributed by atoms with E-state index in [4.69, 9.17) is 10.00 Å². The summed E-state index contributed by atoms with van der Waals surface area (Å²) in [4.78, 5) is 28.1. The molecule has 2 aromatic rings. The molecule has 0 spiro atoms. The Hall–Kier alpha value is -3.11. The average molecular weight is 365 g/mol. The van der Waals surface area contributed by atoms with Crippen molar-refractivity contribution in [1.29, 1.82) is 5.26 Å². The molecule has 26 heavy (non-hydrogen) atoms. The molecular formula is C19H15N3O3S. The number of hydrogen-bond donors (Lipinski definition) is 1. The van der Waals surface area contributed by atoms with Crippen LogP contribution in [0.5, 0.6) is 0 Å². The SMILES string of the molecule is COC(=O)c1ccc2c(c1)N=C(SCC(=O)Nc1ccc(C#N)cc1)C2. The van der Waals surface area contributed by atoms with Crippen LogP contribution in [0.4, 0.5) is 11.4 Å². The highest BCUT2D eigenvalue weighted by atomic mass is 32.2. The van der Waals surface area contributed by atoms with Crippen molar-refractivity contribution in [1.82, 2.24) is 0 Å². The van der Waals surface area contributed by atoms with Gasteiger partial charge in [-0.1, -0.05) is 6.07 Å². The molecule has 1 aliphatic heterocycles. The van der Waals surface area contributed by atoms with Crippen LogP contribution in [-0.2, 0) is 16.0 Å². The van der Waals surface area contributed by atoms with Crippen molar-refractivity contribution >= 4 is 40.1 Å². The van der Waals surface area contributed by atoms with Crippen LogP contribution in [0.2, 0.25) is 0 Å². The van der Waals surface area contributed by atoms with E-state index >= 15 is 0 Å². The third-order valence-electron chi connectivity index (χ3n) is 3.76. The second-order valence-corrected chi connectivity index (χ2v) is 6.59. The van der Waals surface area contributed by atoms with E-state index in [1.165, 1.54) is 18.9 Å². The molecule has 1 aliphatic rings. The molecule has 1 amide bonds. The lowest BCUT2D eigenvalue weighted by molar-refractivity contribution is -0.113. The van der Waals surface area contributed by atoms with Gasteiger partial charge in [0.15, 0.2) is 0 Å². The van der Waals surface area contributed by atoms with Crippen LogP contribution < -0.4 is 5.32 Å². The van der Waals surface area contributed by atoms with Crippen LogP contribution in [0.1, 0.15) is 21.5 Å². The van der Waals surface area contributed by atoms with E-state index in [-0.39, 0.29) is 11.7 Å². The van der Waals surface area contributed by atoms with Crippen LogP contribution in [0.25, 0.3) is 0 Å². The van der Waals surface area contributed by atoms with Gasteiger partial charge in [-0.2, -0.15) is 5.26 Å². The summed E-state index contributed by atoms with van der Waals surface area (Å²) in [6.07, 6.45) is 0.644. The van der Waals surface area contributed by atoms with Gasteiger partial charge in [0.25, 0.3) is 0 Å². The Morgan fingerprint density at radius 1 is 1.27 bits per heavy atom. The first kappa shape index (κ1) is 17.7. The highest BCUT2D eigenvalue weighted by molar-refractivity contribution is 8.14. The number of nitrogens with zero attached hydrogens (tertiary/aromatic N) is 2. The second-order valence-electron chi connectivity index (χ2n) is 5.54. The Labute approximate surface area is 154 Å². The van der Waals surface area contributed by atoms with Gasteiger partial charge >= 0.3 is 5.97 Å². The summed E-state index contributed by atoms with van der Waals surface area (Å²) in [6, 6.07) is 14.0. The van der Waals surface area contributed by atoms with Gasteiger partial charge < -0.3 is 10.1 Å². The van der Waals surface area contributed by atoms with E-state index in [9.17, 15) is 9.59 Å². The topological polar surface area (TPSA) is 91.5 Å². The number of thioether (sulfide) groups is 1. The highest BCUT2D eigenvalue weighted by Crippen LogP contribution is 2.31. The predicted molar refractivity (Wildman–Crippen MR) is 101 cm³/mol. The first-order valence-corrected chi connectivity index (χ1v) is 8.79. The molecule has 1 N–H and O–H groups in total. The zero-order valence-electron chi connectivity index (χ0n) is 14.0. The molecule has 2 aromatic carbocycles. The standard InChI is InChI=1S/C19H15N3O3S/c1-25-19(24)14-5-4-13-9-18(22-16(13)8-14)26-11-17(23)21-15-6-2-12(10-20)3-7-15/h2-8H,9,11H2,1H3,(H,21,23). The van der Waals surface area contributed by atoms with Crippen LogP contribution >= 0.6 is 11.8 Å². The zero-order valence-corrected chi connectivity index (χ0v) is 14.8. The van der Waals surface area contributed by atoms with Gasteiger partial charge in [0.2, 0.25) is 5.91 Å². The predicted octanol–water partition coefficient (Wildman–Crippen LogP) is 3.30. The summed E-state index contributed by atoms with van der Waals surface area (Å²) >= 11 is 1.37. The molecule has 0 saturated carbocycles. The fraction of sp³-hybridized carbons (Fsp3) is 0.158. The molecule has 0 unspecified atom stereocenters. The van der Waals surface area contributed by atoms with Crippen molar-refractivity contribution in [2.24, 2.45) is 4.99 Å². The van der Waals surface area contributed by atoms with Crippen LogP contribution in [0.15, 0.2) is 47.5 Å². The molecule has 7 heteroatoms. The number of esters is 1. The van der Waals surface area contributed by atoms with Gasteiger partial charge in [0.05, 0.1) is 40.8 Å². The number of methoxy groups -OCH3 is 1. The Morgan fingerprint density at radius 2 is 2.04 bits per heavy atom. The molecule has 0 atom stereocenters. The molecule has 0 fully saturated rings. The van der Waals surface area contributed by atoms with Crippen LogP contribution in [0.3, 0.4) is 0 Å². The second kappa shape index (κ2) is 7.85. The minimum Gasteiger partial charge on any atom is -0.465 e. The maximum atomic E-state index is 12.1. The monoisotopic (exact) mass is 365 g/mol. The smallest absolute Gasteiger partial charge is 0.337 e. The maximum Gasteiger partial charge on any atom is 0.337 e. The van der Waals surface area contributed by atoms with Gasteiger partial charge in [-0.15, -0.1) is 11.8 Å². The number of anilines is 1. The summed E-state index contributed by atoms with van der Waals surface area (Å²) < 4.78 is 4.71. The normalized spacial score (nSPS) is 11.9. The molecule has 3 rings (SSSR count). The van der Waals surface area contributed by atoms with Crippen molar-refractivity contribution in [3.05, 3.63) is 59.2 Å². The first-order valence-electron chi connectivity index (χ1n) is 7.80. The molecule has 0 aromatic heterocycles. The molecule has 0 radical (unpaired) electrons. The van der Waals surface area contributed by atoms with E-state index in [0.717, 1.165) is 16.3 Å². The van der Waals surface area contributed by atoms with E-state index in [2.05, 4.69) is 10.3 Å². The van der Waals surface area contributed by atoms with Gasteiger partial charge in [-0.25, -0.2) is 9.79 Å². The Morgan fingerprint density at radius 3 is 2.73 bits per heavy atom. The number of aliphatic imine (C=N–C) groups is 1. The fourth-order valence-corrected chi connectivity index (χ4v) is 3.25. The summed E-state index contributed by atoms with van der Waals surface area (Å²) in [6.45, 7) is 0. The lowest BCUT2D eigenvalue weighted by Gasteiger charge is -2.05. The lowest BCUT2D eigenvalue weighted by Crippen LogP contribution is -2.15. The summed E-state index contributed by atoms with van der Waals surface area (Å²) in [5.41, 5.74) is 3.41. The molecule has 6 nitrogen and oxygen atoms in total. The summed E-state index contributed by atoms with van der Waals surface area (Å²) in [7, 11) is 1.34. The van der Waals surface area contributed by atoms with Gasteiger partial charge in [-0.05, 0) is 42.0 Å². The number of carbonyl (C=O) groups is 2. The lowest BCUT2D eigenvalue weighted by atomic mass is 10.1. The highest BCUT2D eigenvalue weighted by Gasteiger charge is 2.18. The number of nitrogens with one attached hydrogen (secondary N) is 1. The number of carbonyl (C=O) groups excluding carboxylic acids is 2. The zero-order chi connectivity index (χ0) is 18.5. The number of fused-ring (bicyclic) bond motifs is 1. The minimum atomic E-state index is -0.397. The van der Waals surface area contributed by atoms with Crippen LogP contribution in [0, 0.1) is 11.3 Å². The van der Waals surface area contributed by atoms with E-state index in [0.29, 0.717) is 23.2 Å². The van der Waals surface area contributed by atoms with Crippen molar-refractivity contribution in [2.45, 2.75) is 6.42 Å². The Kier molecular flexibility index (Phi) is 5.34. The van der Waals surface area contributed by atoms with Crippen LogP contribution in [-0.4, -0.2) is 29.8 Å². The molecule has 1 heterocycles. The fourth-order valence-electron chi connectivity index (χ4n) is 2.46. The van der Waals surface area contributed by atoms with E-state index < -0.39 is 5.97 Å². The molecule has 0 aliphatic carbocycles. The number of ether oxygens (including phenoxy) is 1. The van der Waals surface area contributed by atoms with Crippen molar-refractivity contribution in [3.8, 4) is 6.07 Å². The Bertz CT molecular complexity index is 930. The van der Waals surface area contributed by atoms with Gasteiger partial charge in [0, 0.05) is 12.1 Å². The molecule has 0 saturated heterocycles. The minimum absolute atomic E-state index is 0.145. The summed E-state index contributed by atoms with van der Waals surface area (Å²) in [5.74, 6) is -0.309. The quantitative estimate of drug-likeness (QED) is 0.840. The molecule has 0 bridgehead atoms. The first-order chi connectivity index (χ1) is 12.6. The molecule has 130 valence electrons. The number of hydrogen-bond acceptors (Lipinski definition) is 6. The Balaban J connectivity index is 1.56. The summed E-state index contributed by atoms with van der Waals surface area (Å²) in [5, 5.41) is 12.4. The van der Waals surface area contributed by atoms with E-state index in [1.807, 2.05) is 12.1 Å². The molecular weight excluding hydrogens is 350 g/mol. The van der Waals surface area contributed by atoms with E-state index in [1.54, 1.807) is 36.4 Å². The van der Waals surface area contributed by atoms with Crippen molar-refractivity contribution in [3.63, 3.8) is 0 Å². The van der Waals surface area contributed by atoms with Gasteiger partial charge in [-0.3, -0.25) is 4.79 Å². The maximum absolute atomic E-state index is 12.1. The average Bonchev–Trinajstić information content (AvgIpc) is 3.08. The van der Waals surface area contributed by atoms with Crippen molar-refractivity contribution < 1.29 is 14.3 Å². The van der Waals surface area contributed by atoms with Gasteiger partial charge in [0.1, 0.15) is 0 Å². The third kappa shape index (κ3) is 4.10. The largest absolute Gasteiger partial charge is 0.465 e. The number of benzene rings is 2. The number of nitriles is 1. The third-order valence-corrected chi connectivity index (χ3v) is 4.74. The number of rotatable bonds is 4. The number of amides is 1.